The standard InChI is InChI=1S/C15H23N3O3S/c1-15(2)11(14(20)21)18-12(19)10(13(18)22-15)16-9-17-7-5-3-4-6-8-17/h9-11,13H,3-8H2,1-2H3,(H,20,21)/p-1/t10-,11+,13-/m1/s1. The van der Waals surface area contributed by atoms with Crippen LogP contribution in [-0.4, -0.2) is 63.3 Å². The third-order valence-electron chi connectivity index (χ3n) is 4.67. The largest absolute Gasteiger partial charge is 0.548 e. The number of thioether (sulfide) groups is 1. The van der Waals surface area contributed by atoms with Crippen LogP contribution >= 0.6 is 11.8 Å². The molecule has 0 aromatic rings. The fourth-order valence-electron chi connectivity index (χ4n) is 3.49. The van der Waals surface area contributed by atoms with E-state index in [1.807, 2.05) is 13.8 Å². The summed E-state index contributed by atoms with van der Waals surface area (Å²) in [6.07, 6.45) is 6.62. The van der Waals surface area contributed by atoms with E-state index in [1.54, 1.807) is 6.34 Å². The fraction of sp³-hybridized carbons (Fsp3) is 0.800. The number of carboxylic acids is 1. The highest BCUT2D eigenvalue weighted by Crippen LogP contribution is 2.51. The first-order chi connectivity index (χ1) is 10.4. The Balaban J connectivity index is 1.68. The second-order valence-electron chi connectivity index (χ2n) is 6.74. The van der Waals surface area contributed by atoms with E-state index in [2.05, 4.69) is 9.89 Å². The molecule has 0 aliphatic carbocycles. The molecule has 6 nitrogen and oxygen atoms in total. The minimum atomic E-state index is -1.18. The van der Waals surface area contributed by atoms with Crippen LogP contribution in [0.4, 0.5) is 0 Å². The van der Waals surface area contributed by atoms with Crippen molar-refractivity contribution < 1.29 is 14.7 Å². The zero-order valence-electron chi connectivity index (χ0n) is 13.0. The van der Waals surface area contributed by atoms with E-state index in [-0.39, 0.29) is 11.3 Å². The van der Waals surface area contributed by atoms with Crippen LogP contribution in [0.3, 0.4) is 0 Å². The minimum absolute atomic E-state index is 0.173. The van der Waals surface area contributed by atoms with Crippen molar-refractivity contribution in [2.45, 2.75) is 61.7 Å². The molecule has 3 fully saturated rings. The maximum atomic E-state index is 12.3. The van der Waals surface area contributed by atoms with Crippen molar-refractivity contribution in [3.63, 3.8) is 0 Å². The molecule has 0 aromatic heterocycles. The van der Waals surface area contributed by atoms with Gasteiger partial charge in [-0.05, 0) is 26.7 Å². The lowest BCUT2D eigenvalue weighted by molar-refractivity contribution is -0.312. The summed E-state index contributed by atoms with van der Waals surface area (Å²) in [6, 6.07) is -1.31. The van der Waals surface area contributed by atoms with Gasteiger partial charge in [0.15, 0.2) is 6.04 Å². The Bertz CT molecular complexity index is 500. The summed E-state index contributed by atoms with van der Waals surface area (Å²) in [4.78, 5) is 31.7. The average Bonchev–Trinajstić information content (AvgIpc) is 2.60. The smallest absolute Gasteiger partial charge is 0.252 e. The number of likely N-dealkylation sites (tertiary alicyclic amines) is 1. The molecule has 3 atom stereocenters. The number of aliphatic imine (C=N–C) groups is 1. The molecule has 0 unspecified atom stereocenters. The zero-order chi connectivity index (χ0) is 15.9. The maximum Gasteiger partial charge on any atom is 0.252 e. The average molecular weight is 324 g/mol. The number of fused-ring (bicyclic) bond motifs is 1. The van der Waals surface area contributed by atoms with Gasteiger partial charge in [-0.15, -0.1) is 11.8 Å². The van der Waals surface area contributed by atoms with Gasteiger partial charge in [-0.3, -0.25) is 9.79 Å². The monoisotopic (exact) mass is 324 g/mol. The summed E-state index contributed by atoms with van der Waals surface area (Å²) < 4.78 is -0.536. The molecular weight excluding hydrogens is 302 g/mol. The summed E-state index contributed by atoms with van der Waals surface area (Å²) >= 11 is 1.51. The van der Waals surface area contributed by atoms with Gasteiger partial charge in [0, 0.05) is 17.8 Å². The molecule has 22 heavy (non-hydrogen) atoms. The SMILES string of the molecule is CC1(C)S[C@@H]2[C@H](N=CN3CCCCCC3)C(=O)N2[C@H]1C(=O)[O-]. The van der Waals surface area contributed by atoms with Crippen LogP contribution in [0.1, 0.15) is 39.5 Å². The summed E-state index contributed by atoms with van der Waals surface area (Å²) in [5, 5.41) is 11.2. The normalized spacial score (nSPS) is 34.5. The van der Waals surface area contributed by atoms with Gasteiger partial charge < -0.3 is 19.7 Å². The molecule has 0 spiro atoms. The molecular formula is C15H22N3O3S-. The lowest BCUT2D eigenvalue weighted by Gasteiger charge is -2.43. The molecule has 0 bridgehead atoms. The molecule has 0 radical (unpaired) electrons. The topological polar surface area (TPSA) is 76.0 Å². The molecule has 3 rings (SSSR count). The molecule has 3 heterocycles. The van der Waals surface area contributed by atoms with Gasteiger partial charge in [-0.25, -0.2) is 0 Å². The fourth-order valence-corrected chi connectivity index (χ4v) is 5.10. The van der Waals surface area contributed by atoms with Gasteiger partial charge in [-0.2, -0.15) is 0 Å². The molecule has 3 aliphatic heterocycles. The van der Waals surface area contributed by atoms with Crippen molar-refractivity contribution in [3.05, 3.63) is 0 Å². The number of β-lactam (4-membered cyclic amide) rings is 1. The molecule has 0 saturated carbocycles. The van der Waals surface area contributed by atoms with Gasteiger partial charge in [0.25, 0.3) is 5.91 Å². The highest BCUT2D eigenvalue weighted by molar-refractivity contribution is 8.01. The highest BCUT2D eigenvalue weighted by Gasteiger charge is 2.61. The Labute approximate surface area is 134 Å². The number of amides is 1. The number of hydrogen-bond donors (Lipinski definition) is 0. The van der Waals surface area contributed by atoms with Gasteiger partial charge in [0.1, 0.15) is 5.37 Å². The first-order valence-electron chi connectivity index (χ1n) is 7.90. The number of carbonyl (C=O) groups excluding carboxylic acids is 2. The lowest BCUT2D eigenvalue weighted by Crippen LogP contribution is -2.66. The Hall–Kier alpha value is -1.24. The van der Waals surface area contributed by atoms with Crippen LogP contribution < -0.4 is 5.11 Å². The van der Waals surface area contributed by atoms with Gasteiger partial charge in [-0.1, -0.05) is 12.8 Å². The van der Waals surface area contributed by atoms with E-state index in [4.69, 9.17) is 0 Å². The van der Waals surface area contributed by atoms with E-state index < -0.39 is 22.8 Å². The number of nitrogens with zero attached hydrogens (tertiary/aromatic N) is 3. The van der Waals surface area contributed by atoms with Crippen LogP contribution in [-0.2, 0) is 9.59 Å². The van der Waals surface area contributed by atoms with Crippen LogP contribution in [0.2, 0.25) is 0 Å². The number of aliphatic carboxylic acids is 1. The van der Waals surface area contributed by atoms with E-state index >= 15 is 0 Å². The first-order valence-corrected chi connectivity index (χ1v) is 8.78. The quantitative estimate of drug-likeness (QED) is 0.417. The van der Waals surface area contributed by atoms with Crippen molar-refractivity contribution in [1.29, 1.82) is 0 Å². The molecule has 0 N–H and O–H groups in total. The summed E-state index contributed by atoms with van der Waals surface area (Å²) in [5.41, 5.74) is 0. The molecule has 7 heteroatoms. The Morgan fingerprint density at radius 2 is 1.95 bits per heavy atom. The number of hydrogen-bond acceptors (Lipinski definition) is 5. The van der Waals surface area contributed by atoms with Gasteiger partial charge >= 0.3 is 0 Å². The third kappa shape index (κ3) is 2.59. The Kier molecular flexibility index (Phi) is 4.09. The van der Waals surface area contributed by atoms with Gasteiger partial charge in [0.2, 0.25) is 0 Å². The van der Waals surface area contributed by atoms with Crippen LogP contribution in [0.25, 0.3) is 0 Å². The van der Waals surface area contributed by atoms with Crippen molar-refractivity contribution >= 4 is 30.0 Å². The van der Waals surface area contributed by atoms with Crippen molar-refractivity contribution in [1.82, 2.24) is 9.80 Å². The highest BCUT2D eigenvalue weighted by atomic mass is 32.2. The third-order valence-corrected chi connectivity index (χ3v) is 6.22. The molecule has 0 aromatic carbocycles. The lowest BCUT2D eigenvalue weighted by atomic mass is 9.96. The van der Waals surface area contributed by atoms with Gasteiger partial charge in [0.05, 0.1) is 18.3 Å². The van der Waals surface area contributed by atoms with E-state index in [9.17, 15) is 14.7 Å². The molecule has 1 amide bonds. The number of carbonyl (C=O) groups is 2. The van der Waals surface area contributed by atoms with Crippen molar-refractivity contribution in [2.75, 3.05) is 13.1 Å². The number of rotatable bonds is 3. The van der Waals surface area contributed by atoms with Crippen molar-refractivity contribution in [3.8, 4) is 0 Å². The molecule has 122 valence electrons. The minimum Gasteiger partial charge on any atom is -0.548 e. The van der Waals surface area contributed by atoms with E-state index in [1.165, 1.54) is 29.5 Å². The summed E-state index contributed by atoms with van der Waals surface area (Å²) in [6.45, 7) is 5.66. The second-order valence-corrected chi connectivity index (χ2v) is 8.51. The van der Waals surface area contributed by atoms with Crippen LogP contribution in [0, 0.1) is 0 Å². The summed E-state index contributed by atoms with van der Waals surface area (Å²) in [7, 11) is 0. The predicted octanol–water partition coefficient (Wildman–Crippen LogP) is 0.0715. The Morgan fingerprint density at radius 3 is 2.55 bits per heavy atom. The zero-order valence-corrected chi connectivity index (χ0v) is 13.8. The second kappa shape index (κ2) is 5.76. The van der Waals surface area contributed by atoms with Crippen LogP contribution in [0.5, 0.6) is 0 Å². The Morgan fingerprint density at radius 1 is 1.32 bits per heavy atom. The summed E-state index contributed by atoms with van der Waals surface area (Å²) in [5.74, 6) is -1.37. The number of carboxylic acid groups (broad SMARTS) is 1. The first kappa shape index (κ1) is 15.6. The van der Waals surface area contributed by atoms with Crippen LogP contribution in [0.15, 0.2) is 4.99 Å². The molecule has 3 aliphatic rings. The van der Waals surface area contributed by atoms with E-state index in [0.717, 1.165) is 25.9 Å². The molecule has 3 saturated heterocycles. The maximum absolute atomic E-state index is 12.3. The van der Waals surface area contributed by atoms with E-state index in [0.29, 0.717) is 0 Å². The predicted molar refractivity (Wildman–Crippen MR) is 83.4 cm³/mol. The van der Waals surface area contributed by atoms with Crippen molar-refractivity contribution in [2.24, 2.45) is 4.99 Å².